The Kier molecular flexibility index (Phi) is 5.90. The molecule has 0 unspecified atom stereocenters. The molecule has 0 fully saturated rings. The molecular formula is C23H24N4O3S. The highest BCUT2D eigenvalue weighted by Crippen LogP contribution is 2.32. The van der Waals surface area contributed by atoms with Crippen LogP contribution in [0.1, 0.15) is 38.5 Å². The van der Waals surface area contributed by atoms with Crippen molar-refractivity contribution >= 4 is 34.6 Å². The molecule has 0 saturated carbocycles. The molecule has 0 bridgehead atoms. The topological polar surface area (TPSA) is 103 Å². The number of aryl methyl sites for hydroxylation is 2. The molecule has 2 heterocycles. The zero-order chi connectivity index (χ0) is 22.0. The quantitative estimate of drug-likeness (QED) is 0.490. The Balaban J connectivity index is 1.61. The summed E-state index contributed by atoms with van der Waals surface area (Å²) in [6.07, 6.45) is 6.07. The number of fused-ring (bicyclic) bond motifs is 1. The van der Waals surface area contributed by atoms with Crippen LogP contribution in [0, 0.1) is 6.92 Å². The minimum atomic E-state index is -0.473. The SMILES string of the molecule is CNC(=O)Nc1cc(-c2cccc(NC(=O)c3cc4c(s3)CCCC4)c2C)c[nH]c1=O. The Hall–Kier alpha value is -3.39. The number of hydrogen-bond donors (Lipinski definition) is 4. The first-order chi connectivity index (χ1) is 15.0. The highest BCUT2D eigenvalue weighted by atomic mass is 32.1. The second-order valence-corrected chi connectivity index (χ2v) is 8.67. The number of carbonyl (C=O) groups excluding carboxylic acids is 2. The third-order valence-corrected chi connectivity index (χ3v) is 6.73. The molecule has 1 aliphatic rings. The summed E-state index contributed by atoms with van der Waals surface area (Å²) < 4.78 is 0. The second kappa shape index (κ2) is 8.77. The number of amides is 3. The summed E-state index contributed by atoms with van der Waals surface area (Å²) in [4.78, 5) is 41.2. The van der Waals surface area contributed by atoms with Gasteiger partial charge in [-0.1, -0.05) is 12.1 Å². The van der Waals surface area contributed by atoms with Crippen LogP contribution >= 0.6 is 11.3 Å². The second-order valence-electron chi connectivity index (χ2n) is 7.53. The average molecular weight is 437 g/mol. The van der Waals surface area contributed by atoms with Gasteiger partial charge in [-0.05, 0) is 67.5 Å². The summed E-state index contributed by atoms with van der Waals surface area (Å²) in [5.41, 5.74) is 4.21. The van der Waals surface area contributed by atoms with Crippen LogP contribution in [0.4, 0.5) is 16.2 Å². The first-order valence-electron chi connectivity index (χ1n) is 10.2. The van der Waals surface area contributed by atoms with Crippen molar-refractivity contribution in [2.24, 2.45) is 0 Å². The van der Waals surface area contributed by atoms with Crippen molar-refractivity contribution in [1.82, 2.24) is 10.3 Å². The summed E-state index contributed by atoms with van der Waals surface area (Å²) in [7, 11) is 1.48. The van der Waals surface area contributed by atoms with Crippen LogP contribution in [0.15, 0.2) is 41.3 Å². The van der Waals surface area contributed by atoms with E-state index in [4.69, 9.17) is 0 Å². The van der Waals surface area contributed by atoms with Gasteiger partial charge in [-0.2, -0.15) is 0 Å². The van der Waals surface area contributed by atoms with Crippen molar-refractivity contribution in [3.63, 3.8) is 0 Å². The van der Waals surface area contributed by atoms with E-state index in [-0.39, 0.29) is 11.6 Å². The minimum absolute atomic E-state index is 0.108. The molecule has 0 spiro atoms. The largest absolute Gasteiger partial charge is 0.341 e. The van der Waals surface area contributed by atoms with Gasteiger partial charge in [0.25, 0.3) is 11.5 Å². The van der Waals surface area contributed by atoms with Crippen LogP contribution in [-0.4, -0.2) is 24.0 Å². The van der Waals surface area contributed by atoms with E-state index in [0.29, 0.717) is 5.69 Å². The third-order valence-electron chi connectivity index (χ3n) is 5.49. The van der Waals surface area contributed by atoms with Gasteiger partial charge in [0, 0.05) is 29.4 Å². The Bertz CT molecular complexity index is 1190. The van der Waals surface area contributed by atoms with Gasteiger partial charge in [-0.15, -0.1) is 11.3 Å². The number of aromatic nitrogens is 1. The number of H-pyrrole nitrogens is 1. The molecule has 4 N–H and O–H groups in total. The van der Waals surface area contributed by atoms with E-state index in [1.807, 2.05) is 31.2 Å². The molecule has 0 atom stereocenters. The van der Waals surface area contributed by atoms with Crippen LogP contribution in [0.5, 0.6) is 0 Å². The summed E-state index contributed by atoms with van der Waals surface area (Å²) in [5.74, 6) is -0.108. The number of pyridine rings is 1. The molecule has 7 nitrogen and oxygen atoms in total. The maximum absolute atomic E-state index is 12.9. The van der Waals surface area contributed by atoms with Crippen molar-refractivity contribution in [1.29, 1.82) is 0 Å². The predicted molar refractivity (Wildman–Crippen MR) is 124 cm³/mol. The molecule has 1 aromatic carbocycles. The Morgan fingerprint density at radius 3 is 2.65 bits per heavy atom. The van der Waals surface area contributed by atoms with Crippen LogP contribution in [0.3, 0.4) is 0 Å². The summed E-state index contributed by atoms with van der Waals surface area (Å²) in [6, 6.07) is 8.79. The van der Waals surface area contributed by atoms with Gasteiger partial charge < -0.3 is 20.9 Å². The van der Waals surface area contributed by atoms with Gasteiger partial charge >= 0.3 is 6.03 Å². The van der Waals surface area contributed by atoms with Crippen molar-refractivity contribution in [3.05, 3.63) is 67.8 Å². The number of urea groups is 1. The highest BCUT2D eigenvalue weighted by Gasteiger charge is 2.18. The Morgan fingerprint density at radius 1 is 1.06 bits per heavy atom. The van der Waals surface area contributed by atoms with Gasteiger partial charge in [-0.25, -0.2) is 4.79 Å². The Morgan fingerprint density at radius 2 is 1.87 bits per heavy atom. The summed E-state index contributed by atoms with van der Waals surface area (Å²) >= 11 is 1.58. The molecule has 8 heteroatoms. The maximum atomic E-state index is 12.9. The normalized spacial score (nSPS) is 12.7. The number of aromatic amines is 1. The maximum Gasteiger partial charge on any atom is 0.319 e. The lowest BCUT2D eigenvalue weighted by Gasteiger charge is -2.13. The molecule has 31 heavy (non-hydrogen) atoms. The van der Waals surface area contributed by atoms with E-state index in [1.165, 1.54) is 30.3 Å². The molecule has 0 saturated heterocycles. The highest BCUT2D eigenvalue weighted by molar-refractivity contribution is 7.14. The standard InChI is InChI=1S/C23H24N4O3S/c1-13-16(15-10-18(21(28)25-12-15)27-23(30)24-2)7-5-8-17(13)26-22(29)20-11-14-6-3-4-9-19(14)31-20/h5,7-8,10-12H,3-4,6,9H2,1-2H3,(H,25,28)(H,26,29)(H2,24,27,30). The van der Waals surface area contributed by atoms with Gasteiger partial charge in [-0.3, -0.25) is 9.59 Å². The molecular weight excluding hydrogens is 412 g/mol. The molecule has 3 aromatic rings. The third kappa shape index (κ3) is 4.39. The number of benzene rings is 1. The van der Waals surface area contributed by atoms with E-state index in [9.17, 15) is 14.4 Å². The molecule has 0 radical (unpaired) electrons. The first-order valence-corrected chi connectivity index (χ1v) is 11.0. The molecule has 3 amide bonds. The fourth-order valence-corrected chi connectivity index (χ4v) is 4.94. The number of nitrogens with one attached hydrogen (secondary N) is 4. The van der Waals surface area contributed by atoms with Crippen LogP contribution in [0.25, 0.3) is 11.1 Å². The first kappa shape index (κ1) is 20.9. The molecule has 160 valence electrons. The fourth-order valence-electron chi connectivity index (χ4n) is 3.79. The number of carbonyl (C=O) groups is 2. The number of hydrogen-bond acceptors (Lipinski definition) is 4. The zero-order valence-corrected chi connectivity index (χ0v) is 18.2. The van der Waals surface area contributed by atoms with Gasteiger partial charge in [0.15, 0.2) is 0 Å². The molecule has 2 aromatic heterocycles. The van der Waals surface area contributed by atoms with E-state index < -0.39 is 11.6 Å². The lowest BCUT2D eigenvalue weighted by molar-refractivity contribution is 0.103. The predicted octanol–water partition coefficient (Wildman–Crippen LogP) is 4.29. The molecule has 0 aliphatic heterocycles. The van der Waals surface area contributed by atoms with Crippen LogP contribution in [-0.2, 0) is 12.8 Å². The lowest BCUT2D eigenvalue weighted by Crippen LogP contribution is -2.27. The minimum Gasteiger partial charge on any atom is -0.341 e. The average Bonchev–Trinajstić information content (AvgIpc) is 3.21. The van der Waals surface area contributed by atoms with Crippen molar-refractivity contribution in [2.45, 2.75) is 32.6 Å². The number of rotatable bonds is 4. The fraction of sp³-hybridized carbons (Fsp3) is 0.261. The summed E-state index contributed by atoms with van der Waals surface area (Å²) in [6.45, 7) is 1.92. The zero-order valence-electron chi connectivity index (χ0n) is 17.4. The van der Waals surface area contributed by atoms with Crippen LogP contribution in [0.2, 0.25) is 0 Å². The van der Waals surface area contributed by atoms with Crippen molar-refractivity contribution in [2.75, 3.05) is 17.7 Å². The molecule has 4 rings (SSSR count). The van der Waals surface area contributed by atoms with E-state index in [2.05, 4.69) is 20.9 Å². The monoisotopic (exact) mass is 436 g/mol. The molecule has 1 aliphatic carbocycles. The van der Waals surface area contributed by atoms with E-state index in [0.717, 1.165) is 34.4 Å². The lowest BCUT2D eigenvalue weighted by atomic mass is 9.99. The van der Waals surface area contributed by atoms with E-state index in [1.54, 1.807) is 23.6 Å². The Labute approximate surface area is 183 Å². The van der Waals surface area contributed by atoms with Crippen LogP contribution < -0.4 is 21.5 Å². The van der Waals surface area contributed by atoms with Gasteiger partial charge in [0.1, 0.15) is 5.69 Å². The van der Waals surface area contributed by atoms with Gasteiger partial charge in [0.2, 0.25) is 0 Å². The van der Waals surface area contributed by atoms with Crippen molar-refractivity contribution in [3.8, 4) is 11.1 Å². The smallest absolute Gasteiger partial charge is 0.319 e. The van der Waals surface area contributed by atoms with Crippen molar-refractivity contribution < 1.29 is 9.59 Å². The van der Waals surface area contributed by atoms with E-state index >= 15 is 0 Å². The number of anilines is 2. The summed E-state index contributed by atoms with van der Waals surface area (Å²) in [5, 5.41) is 7.98. The number of thiophene rings is 1. The van der Waals surface area contributed by atoms with Gasteiger partial charge in [0.05, 0.1) is 4.88 Å².